The smallest absolute Gasteiger partial charge is 0.347 e. The Balaban J connectivity index is 1.84. The maximum Gasteiger partial charge on any atom is 0.350 e. The van der Waals surface area contributed by atoms with Gasteiger partial charge in [0.15, 0.2) is 4.21 Å². The van der Waals surface area contributed by atoms with Crippen molar-refractivity contribution in [1.29, 1.82) is 0 Å². The zero-order valence-corrected chi connectivity index (χ0v) is 17.2. The average molecular weight is 425 g/mol. The molecule has 1 aromatic carbocycles. The molecule has 0 aliphatic heterocycles. The first-order valence-electron chi connectivity index (χ1n) is 7.81. The van der Waals surface area contributed by atoms with E-state index in [0.29, 0.717) is 11.3 Å². The molecule has 0 N–H and O–H groups in total. The van der Waals surface area contributed by atoms with Gasteiger partial charge in [-0.3, -0.25) is 10.1 Å². The molecular weight excluding hydrogens is 408 g/mol. The summed E-state index contributed by atoms with van der Waals surface area (Å²) in [6.45, 7) is 6.01. The second-order valence-electron chi connectivity index (χ2n) is 6.71. The molecular formula is C17H16N2O5S3. The second-order valence-corrected chi connectivity index (χ2v) is 10.4. The highest BCUT2D eigenvalue weighted by Crippen LogP contribution is 2.34. The van der Waals surface area contributed by atoms with Crippen molar-refractivity contribution in [3.63, 3.8) is 0 Å². The van der Waals surface area contributed by atoms with Gasteiger partial charge in [-0.1, -0.05) is 44.2 Å². The monoisotopic (exact) mass is 424 g/mol. The van der Waals surface area contributed by atoms with E-state index in [-0.39, 0.29) is 20.5 Å². The van der Waals surface area contributed by atoms with E-state index in [2.05, 4.69) is 4.98 Å². The van der Waals surface area contributed by atoms with E-state index < -0.39 is 15.0 Å². The number of thiazole rings is 1. The number of nitro groups is 1. The van der Waals surface area contributed by atoms with Crippen LogP contribution in [0.15, 0.2) is 46.0 Å². The van der Waals surface area contributed by atoms with E-state index in [1.54, 1.807) is 23.6 Å². The molecule has 0 saturated heterocycles. The minimum Gasteiger partial charge on any atom is -0.347 e. The van der Waals surface area contributed by atoms with E-state index in [1.165, 1.54) is 18.2 Å². The average Bonchev–Trinajstić information content (AvgIpc) is 3.23. The predicted octanol–water partition coefficient (Wildman–Crippen LogP) is 4.85. The van der Waals surface area contributed by atoms with Crippen LogP contribution in [0.2, 0.25) is 0 Å². The van der Waals surface area contributed by atoms with Gasteiger partial charge in [0.25, 0.3) is 10.9 Å². The summed E-state index contributed by atoms with van der Waals surface area (Å²) in [6.07, 6.45) is 0. The van der Waals surface area contributed by atoms with E-state index in [9.17, 15) is 18.5 Å². The van der Waals surface area contributed by atoms with Gasteiger partial charge in [-0.05, 0) is 17.5 Å². The molecule has 7 nitrogen and oxygen atoms in total. The van der Waals surface area contributed by atoms with Crippen LogP contribution in [-0.4, -0.2) is 18.3 Å². The predicted molar refractivity (Wildman–Crippen MR) is 105 cm³/mol. The van der Waals surface area contributed by atoms with Crippen LogP contribution in [-0.2, 0) is 15.5 Å². The first kappa shape index (κ1) is 19.5. The van der Waals surface area contributed by atoms with E-state index >= 15 is 0 Å². The lowest BCUT2D eigenvalue weighted by molar-refractivity contribution is -0.384. The number of hydrogen-bond acceptors (Lipinski definition) is 8. The minimum absolute atomic E-state index is 0.0396. The number of benzene rings is 1. The maximum absolute atomic E-state index is 12.5. The van der Waals surface area contributed by atoms with Crippen LogP contribution in [0, 0.1) is 10.1 Å². The van der Waals surface area contributed by atoms with Gasteiger partial charge in [-0.15, -0.1) is 11.3 Å². The molecule has 0 amide bonds. The maximum atomic E-state index is 12.5. The number of nitrogens with zero attached hydrogens (tertiary/aromatic N) is 2. The molecule has 3 aromatic rings. The summed E-state index contributed by atoms with van der Waals surface area (Å²) in [6, 6.07) is 9.26. The lowest BCUT2D eigenvalue weighted by Crippen LogP contribution is -2.09. The van der Waals surface area contributed by atoms with Gasteiger partial charge in [-0.25, -0.2) is 4.98 Å². The number of hydrogen-bond donors (Lipinski definition) is 0. The molecule has 2 heterocycles. The zero-order valence-electron chi connectivity index (χ0n) is 14.7. The Morgan fingerprint density at radius 3 is 2.56 bits per heavy atom. The lowest BCUT2D eigenvalue weighted by Gasteiger charge is -2.15. The van der Waals surface area contributed by atoms with Crippen LogP contribution in [0.4, 0.5) is 5.69 Å². The topological polar surface area (TPSA) is 99.4 Å². The summed E-state index contributed by atoms with van der Waals surface area (Å²) in [5, 5.41) is 12.4. The first-order valence-corrected chi connectivity index (χ1v) is 10.9. The van der Waals surface area contributed by atoms with Gasteiger partial charge in [0.1, 0.15) is 0 Å². The van der Waals surface area contributed by atoms with Crippen molar-refractivity contribution in [2.45, 2.75) is 30.4 Å². The zero-order chi connectivity index (χ0) is 19.8. The normalized spacial score (nSPS) is 12.1. The molecule has 0 radical (unpaired) electrons. The molecule has 0 aliphatic rings. The van der Waals surface area contributed by atoms with E-state index in [1.807, 2.05) is 20.8 Å². The fourth-order valence-electron chi connectivity index (χ4n) is 2.20. The van der Waals surface area contributed by atoms with Crippen molar-refractivity contribution in [2.24, 2.45) is 0 Å². The quantitative estimate of drug-likeness (QED) is 0.330. The molecule has 2 aromatic heterocycles. The lowest BCUT2D eigenvalue weighted by atomic mass is 9.95. The highest BCUT2D eigenvalue weighted by atomic mass is 32.3. The summed E-state index contributed by atoms with van der Waals surface area (Å²) >= 11 is 2.18. The van der Waals surface area contributed by atoms with Gasteiger partial charge in [0.05, 0.1) is 10.6 Å². The van der Waals surface area contributed by atoms with Crippen molar-refractivity contribution < 1.29 is 17.5 Å². The number of nitro benzene ring substituents is 1. The number of rotatable bonds is 5. The fraction of sp³-hybridized carbons (Fsp3) is 0.235. The van der Waals surface area contributed by atoms with E-state index in [4.69, 9.17) is 4.18 Å². The molecule has 10 heteroatoms. The Morgan fingerprint density at radius 1 is 1.19 bits per heavy atom. The molecule has 0 atom stereocenters. The van der Waals surface area contributed by atoms with Crippen LogP contribution in [0.1, 0.15) is 25.6 Å². The third-order valence-electron chi connectivity index (χ3n) is 3.58. The van der Waals surface area contributed by atoms with Crippen LogP contribution in [0.25, 0.3) is 11.3 Å². The molecule has 0 spiro atoms. The van der Waals surface area contributed by atoms with Gasteiger partial charge in [0, 0.05) is 28.0 Å². The fourth-order valence-corrected chi connectivity index (χ4v) is 5.29. The molecule has 142 valence electrons. The SMILES string of the molecule is CC(C)(C)c1ccc(S(=O)(=O)Oc2nc(-c3cccc([N+](=O)[O-])c3)cs2)s1. The third kappa shape index (κ3) is 4.34. The minimum atomic E-state index is -3.99. The Bertz CT molecular complexity index is 1090. The number of aromatic nitrogens is 1. The van der Waals surface area contributed by atoms with Crippen LogP contribution >= 0.6 is 22.7 Å². The largest absolute Gasteiger partial charge is 0.350 e. The van der Waals surface area contributed by atoms with Gasteiger partial charge in [0.2, 0.25) is 0 Å². The summed E-state index contributed by atoms with van der Waals surface area (Å²) in [5.41, 5.74) is 0.702. The highest BCUT2D eigenvalue weighted by molar-refractivity contribution is 7.89. The standard InChI is InChI=1S/C17H16N2O5S3/c1-17(2,3)14-7-8-15(26-14)27(22,23)24-16-18-13(10-25-16)11-5-4-6-12(9-11)19(20)21/h4-10H,1-3H3. The Morgan fingerprint density at radius 2 is 1.93 bits per heavy atom. The van der Waals surface area contributed by atoms with Crippen molar-refractivity contribution >= 4 is 38.5 Å². The van der Waals surface area contributed by atoms with Crippen molar-refractivity contribution in [2.75, 3.05) is 0 Å². The Kier molecular flexibility index (Phi) is 5.06. The first-order chi connectivity index (χ1) is 12.6. The molecule has 3 rings (SSSR count). The summed E-state index contributed by atoms with van der Waals surface area (Å²) in [7, 11) is -3.99. The number of thiophene rings is 1. The van der Waals surface area contributed by atoms with Crippen molar-refractivity contribution in [3.8, 4) is 16.5 Å². The van der Waals surface area contributed by atoms with Crippen molar-refractivity contribution in [1.82, 2.24) is 4.98 Å². The highest BCUT2D eigenvalue weighted by Gasteiger charge is 2.25. The summed E-state index contributed by atoms with van der Waals surface area (Å²) in [4.78, 5) is 15.5. The van der Waals surface area contributed by atoms with Gasteiger partial charge < -0.3 is 4.18 Å². The number of non-ortho nitro benzene ring substituents is 1. The van der Waals surface area contributed by atoms with E-state index in [0.717, 1.165) is 27.6 Å². The summed E-state index contributed by atoms with van der Waals surface area (Å²) in [5.74, 6) is 0. The molecule has 0 bridgehead atoms. The molecule has 0 aliphatic carbocycles. The molecule has 27 heavy (non-hydrogen) atoms. The molecule has 0 saturated carbocycles. The van der Waals surface area contributed by atoms with Crippen molar-refractivity contribution in [3.05, 3.63) is 56.8 Å². The molecule has 0 fully saturated rings. The third-order valence-corrected chi connectivity index (χ3v) is 7.58. The van der Waals surface area contributed by atoms with Crippen LogP contribution in [0.5, 0.6) is 5.19 Å². The van der Waals surface area contributed by atoms with Crippen LogP contribution < -0.4 is 4.18 Å². The van der Waals surface area contributed by atoms with Gasteiger partial charge >= 0.3 is 10.1 Å². The Labute approximate surface area is 164 Å². The summed E-state index contributed by atoms with van der Waals surface area (Å²) < 4.78 is 30.3. The molecule has 0 unspecified atom stereocenters. The Hall–Kier alpha value is -2.30. The second kappa shape index (κ2) is 7.02. The van der Waals surface area contributed by atoms with Crippen LogP contribution in [0.3, 0.4) is 0 Å². The van der Waals surface area contributed by atoms with Gasteiger partial charge in [-0.2, -0.15) is 8.42 Å².